The van der Waals surface area contributed by atoms with E-state index in [1.54, 1.807) is 18.2 Å². The number of ether oxygens (including phenoxy) is 1. The molecule has 0 aliphatic rings. The average Bonchev–Trinajstić information content (AvgIpc) is 2.46. The van der Waals surface area contributed by atoms with Gasteiger partial charge in [-0.1, -0.05) is 12.1 Å². The standard InChI is InChI=1S/C13H15N3O4/c1-3-7-14-12(18)13(19)16-15-8-9-5-4-6-10(20-2)11(9)17/h3-6,8,17H,1,7H2,2H3,(H,14,18)(H,16,19)/b15-8+. The molecule has 0 aliphatic carbocycles. The molecule has 20 heavy (non-hydrogen) atoms. The van der Waals surface area contributed by atoms with Gasteiger partial charge in [-0.2, -0.15) is 5.10 Å². The van der Waals surface area contributed by atoms with Crippen LogP contribution in [0.5, 0.6) is 11.5 Å². The number of carbonyl (C=O) groups excluding carboxylic acids is 2. The normalized spacial score (nSPS) is 10.1. The lowest BCUT2D eigenvalue weighted by atomic mass is 10.2. The third-order valence-corrected chi connectivity index (χ3v) is 2.23. The number of phenols is 1. The number of rotatable bonds is 5. The lowest BCUT2D eigenvalue weighted by Crippen LogP contribution is -2.37. The number of aromatic hydroxyl groups is 1. The molecule has 1 rings (SSSR count). The van der Waals surface area contributed by atoms with Gasteiger partial charge < -0.3 is 15.2 Å². The summed E-state index contributed by atoms with van der Waals surface area (Å²) in [6, 6.07) is 4.80. The second kappa shape index (κ2) is 7.57. The number of hydrazone groups is 1. The van der Waals surface area contributed by atoms with Crippen LogP contribution in [0, 0.1) is 0 Å². The summed E-state index contributed by atoms with van der Waals surface area (Å²) in [4.78, 5) is 22.5. The molecule has 0 heterocycles. The molecular weight excluding hydrogens is 262 g/mol. The van der Waals surface area contributed by atoms with E-state index >= 15 is 0 Å². The second-order valence-corrected chi connectivity index (χ2v) is 3.60. The first-order chi connectivity index (χ1) is 9.60. The average molecular weight is 277 g/mol. The highest BCUT2D eigenvalue weighted by Crippen LogP contribution is 2.27. The fraction of sp³-hybridized carbons (Fsp3) is 0.154. The van der Waals surface area contributed by atoms with E-state index in [9.17, 15) is 14.7 Å². The number of amides is 2. The molecule has 0 aromatic heterocycles. The molecule has 1 aromatic rings. The largest absolute Gasteiger partial charge is 0.504 e. The molecular formula is C13H15N3O4. The van der Waals surface area contributed by atoms with Crippen molar-refractivity contribution in [2.24, 2.45) is 5.10 Å². The van der Waals surface area contributed by atoms with Gasteiger partial charge in [0.05, 0.1) is 13.3 Å². The first kappa shape index (κ1) is 15.2. The Bertz CT molecular complexity index is 540. The van der Waals surface area contributed by atoms with E-state index < -0.39 is 11.8 Å². The third kappa shape index (κ3) is 4.13. The highest BCUT2D eigenvalue weighted by Gasteiger charge is 2.11. The van der Waals surface area contributed by atoms with E-state index in [0.717, 1.165) is 0 Å². The fourth-order valence-corrected chi connectivity index (χ4v) is 1.26. The van der Waals surface area contributed by atoms with Crippen molar-refractivity contribution >= 4 is 18.0 Å². The monoisotopic (exact) mass is 277 g/mol. The zero-order valence-electron chi connectivity index (χ0n) is 10.9. The van der Waals surface area contributed by atoms with Crippen molar-refractivity contribution in [3.63, 3.8) is 0 Å². The maximum atomic E-state index is 11.3. The predicted molar refractivity (Wildman–Crippen MR) is 73.6 cm³/mol. The molecule has 7 heteroatoms. The zero-order chi connectivity index (χ0) is 15.0. The first-order valence-corrected chi connectivity index (χ1v) is 5.68. The van der Waals surface area contributed by atoms with Crippen molar-refractivity contribution in [3.05, 3.63) is 36.4 Å². The molecule has 0 atom stereocenters. The molecule has 0 unspecified atom stereocenters. The fourth-order valence-electron chi connectivity index (χ4n) is 1.26. The minimum absolute atomic E-state index is 0.107. The summed E-state index contributed by atoms with van der Waals surface area (Å²) in [6.45, 7) is 3.59. The number of nitrogens with zero attached hydrogens (tertiary/aromatic N) is 1. The summed E-state index contributed by atoms with van der Waals surface area (Å²) in [5.74, 6) is -1.56. The quantitative estimate of drug-likeness (QED) is 0.309. The summed E-state index contributed by atoms with van der Waals surface area (Å²) in [5, 5.41) is 15.6. The second-order valence-electron chi connectivity index (χ2n) is 3.60. The SMILES string of the molecule is C=CCNC(=O)C(=O)N/N=C/c1cccc(OC)c1O. The van der Waals surface area contributed by atoms with Gasteiger partial charge in [0.2, 0.25) is 0 Å². The summed E-state index contributed by atoms with van der Waals surface area (Å²) >= 11 is 0. The van der Waals surface area contributed by atoms with Crippen LogP contribution in [-0.2, 0) is 9.59 Å². The summed E-state index contributed by atoms with van der Waals surface area (Å²) in [5.41, 5.74) is 2.38. The number of para-hydroxylation sites is 1. The molecule has 0 radical (unpaired) electrons. The highest BCUT2D eigenvalue weighted by atomic mass is 16.5. The Balaban J connectivity index is 2.63. The predicted octanol–water partition coefficient (Wildman–Crippen LogP) is 0.153. The van der Waals surface area contributed by atoms with Crippen LogP contribution in [0.1, 0.15) is 5.56 Å². The third-order valence-electron chi connectivity index (χ3n) is 2.23. The molecule has 1 aromatic carbocycles. The lowest BCUT2D eigenvalue weighted by Gasteiger charge is -2.05. The number of hydrogen-bond acceptors (Lipinski definition) is 5. The lowest BCUT2D eigenvalue weighted by molar-refractivity contribution is -0.139. The van der Waals surface area contributed by atoms with Gasteiger partial charge in [0.15, 0.2) is 11.5 Å². The number of methoxy groups -OCH3 is 1. The Morgan fingerprint density at radius 3 is 2.85 bits per heavy atom. The number of phenolic OH excluding ortho intramolecular Hbond substituents is 1. The van der Waals surface area contributed by atoms with Gasteiger partial charge in [0, 0.05) is 12.1 Å². The maximum absolute atomic E-state index is 11.3. The smallest absolute Gasteiger partial charge is 0.329 e. The molecule has 2 amide bonds. The Labute approximate surface area is 115 Å². The van der Waals surface area contributed by atoms with Crippen molar-refractivity contribution in [1.82, 2.24) is 10.7 Å². The molecule has 0 bridgehead atoms. The molecule has 0 spiro atoms. The molecule has 0 saturated carbocycles. The van der Waals surface area contributed by atoms with E-state index in [4.69, 9.17) is 4.74 Å². The van der Waals surface area contributed by atoms with Crippen molar-refractivity contribution in [2.75, 3.05) is 13.7 Å². The van der Waals surface area contributed by atoms with Crippen LogP contribution in [0.25, 0.3) is 0 Å². The number of carbonyl (C=O) groups is 2. The summed E-state index contributed by atoms with van der Waals surface area (Å²) in [7, 11) is 1.42. The van der Waals surface area contributed by atoms with Crippen LogP contribution < -0.4 is 15.5 Å². The minimum atomic E-state index is -0.912. The molecule has 3 N–H and O–H groups in total. The van der Waals surface area contributed by atoms with Crippen LogP contribution in [0.4, 0.5) is 0 Å². The Morgan fingerprint density at radius 2 is 2.20 bits per heavy atom. The van der Waals surface area contributed by atoms with Gasteiger partial charge in [-0.05, 0) is 12.1 Å². The van der Waals surface area contributed by atoms with E-state index in [0.29, 0.717) is 5.56 Å². The van der Waals surface area contributed by atoms with E-state index in [1.165, 1.54) is 19.4 Å². The van der Waals surface area contributed by atoms with Crippen molar-refractivity contribution in [3.8, 4) is 11.5 Å². The number of benzene rings is 1. The van der Waals surface area contributed by atoms with E-state index in [1.807, 2.05) is 5.43 Å². The molecule has 7 nitrogen and oxygen atoms in total. The zero-order valence-corrected chi connectivity index (χ0v) is 10.9. The summed E-state index contributed by atoms with van der Waals surface area (Å²) in [6.07, 6.45) is 2.65. The van der Waals surface area contributed by atoms with Crippen molar-refractivity contribution in [1.29, 1.82) is 0 Å². The Kier molecular flexibility index (Phi) is 5.76. The first-order valence-electron chi connectivity index (χ1n) is 5.68. The van der Waals surface area contributed by atoms with Crippen LogP contribution in [-0.4, -0.2) is 36.8 Å². The minimum Gasteiger partial charge on any atom is -0.504 e. The van der Waals surface area contributed by atoms with Crippen LogP contribution in [0.3, 0.4) is 0 Å². The molecule has 106 valence electrons. The molecule has 0 saturated heterocycles. The van der Waals surface area contributed by atoms with Gasteiger partial charge in [-0.15, -0.1) is 6.58 Å². The van der Waals surface area contributed by atoms with Gasteiger partial charge >= 0.3 is 11.8 Å². The number of hydrogen-bond donors (Lipinski definition) is 3. The maximum Gasteiger partial charge on any atom is 0.329 e. The van der Waals surface area contributed by atoms with E-state index in [-0.39, 0.29) is 18.0 Å². The Hall–Kier alpha value is -2.83. The van der Waals surface area contributed by atoms with Crippen molar-refractivity contribution in [2.45, 2.75) is 0 Å². The van der Waals surface area contributed by atoms with Crippen LogP contribution >= 0.6 is 0 Å². The van der Waals surface area contributed by atoms with Gasteiger partial charge in [-0.25, -0.2) is 5.43 Å². The van der Waals surface area contributed by atoms with Gasteiger partial charge in [0.25, 0.3) is 0 Å². The van der Waals surface area contributed by atoms with Crippen LogP contribution in [0.2, 0.25) is 0 Å². The van der Waals surface area contributed by atoms with Crippen molar-refractivity contribution < 1.29 is 19.4 Å². The topological polar surface area (TPSA) is 100 Å². The molecule has 0 aliphatic heterocycles. The highest BCUT2D eigenvalue weighted by molar-refractivity contribution is 6.35. The van der Waals surface area contributed by atoms with E-state index in [2.05, 4.69) is 17.0 Å². The Morgan fingerprint density at radius 1 is 1.45 bits per heavy atom. The number of nitrogens with one attached hydrogen (secondary N) is 2. The van der Waals surface area contributed by atoms with Gasteiger partial charge in [0.1, 0.15) is 0 Å². The van der Waals surface area contributed by atoms with Crippen LogP contribution in [0.15, 0.2) is 36.0 Å². The van der Waals surface area contributed by atoms with Gasteiger partial charge in [-0.3, -0.25) is 9.59 Å². The molecule has 0 fully saturated rings. The summed E-state index contributed by atoms with van der Waals surface area (Å²) < 4.78 is 4.92.